The highest BCUT2D eigenvalue weighted by Crippen LogP contribution is 2.20. The summed E-state index contributed by atoms with van der Waals surface area (Å²) >= 11 is 3.30. The van der Waals surface area contributed by atoms with Crippen LogP contribution in [-0.4, -0.2) is 34.8 Å². The predicted octanol–water partition coefficient (Wildman–Crippen LogP) is 2.93. The first-order valence-corrected chi connectivity index (χ1v) is 8.18. The summed E-state index contributed by atoms with van der Waals surface area (Å²) < 4.78 is 6.00. The zero-order valence-corrected chi connectivity index (χ0v) is 14.0. The molecular weight excluding hydrogens is 362 g/mol. The Hall–Kier alpha value is -2.15. The average molecular weight is 378 g/mol. The number of nitrogens with zero attached hydrogens (tertiary/aromatic N) is 2. The van der Waals surface area contributed by atoms with Crippen LogP contribution in [0.4, 0.5) is 5.82 Å². The normalized spacial score (nSPS) is 17.8. The van der Waals surface area contributed by atoms with Gasteiger partial charge in [0.15, 0.2) is 5.76 Å². The van der Waals surface area contributed by atoms with Crippen LogP contribution in [0.5, 0.6) is 0 Å². The molecule has 1 atom stereocenters. The van der Waals surface area contributed by atoms with Crippen LogP contribution in [0.3, 0.4) is 0 Å². The number of anilines is 1. The van der Waals surface area contributed by atoms with Crippen LogP contribution in [0.2, 0.25) is 0 Å². The summed E-state index contributed by atoms with van der Waals surface area (Å²) in [5.41, 5.74) is 0. The van der Waals surface area contributed by atoms with E-state index in [2.05, 4.69) is 26.2 Å². The van der Waals surface area contributed by atoms with E-state index >= 15 is 0 Å². The first-order valence-electron chi connectivity index (χ1n) is 7.38. The highest BCUT2D eigenvalue weighted by Gasteiger charge is 2.30. The average Bonchev–Trinajstić information content (AvgIpc) is 3.11. The summed E-state index contributed by atoms with van der Waals surface area (Å²) in [6, 6.07) is 6.87. The number of nitrogens with one attached hydrogen (secondary N) is 1. The summed E-state index contributed by atoms with van der Waals surface area (Å²) in [7, 11) is 0. The fraction of sp³-hybridized carbons (Fsp3) is 0.312. The van der Waals surface area contributed by atoms with Gasteiger partial charge >= 0.3 is 0 Å². The van der Waals surface area contributed by atoms with Crippen LogP contribution in [0.15, 0.2) is 45.6 Å². The van der Waals surface area contributed by atoms with Gasteiger partial charge in [0.05, 0.1) is 12.2 Å². The van der Waals surface area contributed by atoms with Crippen LogP contribution in [-0.2, 0) is 4.79 Å². The molecule has 1 aliphatic rings. The number of rotatable bonds is 3. The number of amides is 2. The Kier molecular flexibility index (Phi) is 4.76. The minimum absolute atomic E-state index is 0.114. The van der Waals surface area contributed by atoms with E-state index in [-0.39, 0.29) is 17.7 Å². The highest BCUT2D eigenvalue weighted by molar-refractivity contribution is 9.10. The lowest BCUT2D eigenvalue weighted by molar-refractivity contribution is -0.121. The van der Waals surface area contributed by atoms with Gasteiger partial charge in [-0.1, -0.05) is 0 Å². The van der Waals surface area contributed by atoms with E-state index in [0.29, 0.717) is 24.7 Å². The Morgan fingerprint density at radius 1 is 1.35 bits per heavy atom. The molecule has 2 aromatic rings. The zero-order valence-electron chi connectivity index (χ0n) is 12.4. The van der Waals surface area contributed by atoms with E-state index in [0.717, 1.165) is 17.3 Å². The predicted molar refractivity (Wildman–Crippen MR) is 87.9 cm³/mol. The molecule has 2 aromatic heterocycles. The molecule has 0 saturated carbocycles. The first kappa shape index (κ1) is 15.7. The van der Waals surface area contributed by atoms with E-state index < -0.39 is 0 Å². The lowest BCUT2D eigenvalue weighted by atomic mass is 9.97. The number of hydrogen-bond donors (Lipinski definition) is 1. The molecule has 0 radical (unpaired) electrons. The van der Waals surface area contributed by atoms with Crippen LogP contribution in [0, 0.1) is 5.92 Å². The third-order valence-corrected chi connectivity index (χ3v) is 4.26. The molecule has 7 heteroatoms. The lowest BCUT2D eigenvalue weighted by Gasteiger charge is -2.31. The largest absolute Gasteiger partial charge is 0.459 e. The van der Waals surface area contributed by atoms with Crippen molar-refractivity contribution in [3.8, 4) is 0 Å². The smallest absolute Gasteiger partial charge is 0.289 e. The van der Waals surface area contributed by atoms with Gasteiger partial charge in [-0.25, -0.2) is 4.98 Å². The minimum atomic E-state index is -0.242. The maximum absolute atomic E-state index is 12.4. The van der Waals surface area contributed by atoms with Gasteiger partial charge in [-0.15, -0.1) is 0 Å². The molecule has 0 aliphatic carbocycles. The Labute approximate surface area is 142 Å². The zero-order chi connectivity index (χ0) is 16.2. The number of aromatic nitrogens is 1. The molecule has 0 spiro atoms. The van der Waals surface area contributed by atoms with E-state index in [1.165, 1.54) is 6.26 Å². The number of pyridine rings is 1. The van der Waals surface area contributed by atoms with Gasteiger partial charge in [-0.2, -0.15) is 0 Å². The van der Waals surface area contributed by atoms with E-state index in [9.17, 15) is 9.59 Å². The van der Waals surface area contributed by atoms with Crippen molar-refractivity contribution in [1.29, 1.82) is 0 Å². The van der Waals surface area contributed by atoms with Gasteiger partial charge in [0.25, 0.3) is 5.91 Å². The van der Waals surface area contributed by atoms with Crippen molar-refractivity contribution in [2.24, 2.45) is 5.92 Å². The second kappa shape index (κ2) is 6.95. The summed E-state index contributed by atoms with van der Waals surface area (Å²) in [4.78, 5) is 30.5. The quantitative estimate of drug-likeness (QED) is 0.891. The molecule has 1 fully saturated rings. The fourth-order valence-corrected chi connectivity index (χ4v) is 2.84. The number of carbonyl (C=O) groups excluding carboxylic acids is 2. The molecule has 0 aromatic carbocycles. The Morgan fingerprint density at radius 3 is 2.91 bits per heavy atom. The number of piperidine rings is 1. The third kappa shape index (κ3) is 3.79. The summed E-state index contributed by atoms with van der Waals surface area (Å²) in [6.07, 6.45) is 4.65. The standard InChI is InChI=1S/C16H16BrN3O3/c17-12-5-6-14(18-9-12)19-15(21)11-3-1-7-20(10-11)16(22)13-4-2-8-23-13/h2,4-6,8-9,11H,1,3,7,10H2,(H,18,19,21). The highest BCUT2D eigenvalue weighted by atomic mass is 79.9. The van der Waals surface area contributed by atoms with Gasteiger partial charge in [0.1, 0.15) is 5.82 Å². The molecule has 2 amide bonds. The Bertz CT molecular complexity index is 685. The number of carbonyl (C=O) groups is 2. The first-order chi connectivity index (χ1) is 11.1. The molecule has 1 saturated heterocycles. The SMILES string of the molecule is O=C(Nc1ccc(Br)cn1)C1CCCN(C(=O)c2ccco2)C1. The topological polar surface area (TPSA) is 75.4 Å². The molecule has 3 heterocycles. The minimum Gasteiger partial charge on any atom is -0.459 e. The van der Waals surface area contributed by atoms with Gasteiger partial charge in [-0.3, -0.25) is 9.59 Å². The van der Waals surface area contributed by atoms with Crippen LogP contribution in [0.1, 0.15) is 23.4 Å². The van der Waals surface area contributed by atoms with Gasteiger partial charge in [0, 0.05) is 23.8 Å². The van der Waals surface area contributed by atoms with Crippen LogP contribution < -0.4 is 5.32 Å². The van der Waals surface area contributed by atoms with Gasteiger partial charge in [0.2, 0.25) is 5.91 Å². The summed E-state index contributed by atoms with van der Waals surface area (Å²) in [5.74, 6) is 0.285. The molecular formula is C16H16BrN3O3. The molecule has 120 valence electrons. The number of halogens is 1. The van der Waals surface area contributed by atoms with Crippen molar-refractivity contribution < 1.29 is 14.0 Å². The van der Waals surface area contributed by atoms with E-state index in [1.54, 1.807) is 29.3 Å². The van der Waals surface area contributed by atoms with E-state index in [1.807, 2.05) is 6.07 Å². The summed E-state index contributed by atoms with van der Waals surface area (Å²) in [6.45, 7) is 1.03. The maximum atomic E-state index is 12.4. The molecule has 23 heavy (non-hydrogen) atoms. The second-order valence-corrected chi connectivity index (χ2v) is 6.33. The van der Waals surface area contributed by atoms with Crippen molar-refractivity contribution in [3.05, 3.63) is 47.0 Å². The van der Waals surface area contributed by atoms with Gasteiger partial charge < -0.3 is 14.6 Å². The molecule has 3 rings (SSSR count). The van der Waals surface area contributed by atoms with Crippen molar-refractivity contribution in [2.45, 2.75) is 12.8 Å². The maximum Gasteiger partial charge on any atom is 0.289 e. The lowest BCUT2D eigenvalue weighted by Crippen LogP contribution is -2.43. The molecule has 0 bridgehead atoms. The van der Waals surface area contributed by atoms with Crippen molar-refractivity contribution >= 4 is 33.6 Å². The van der Waals surface area contributed by atoms with Crippen molar-refractivity contribution in [1.82, 2.24) is 9.88 Å². The van der Waals surface area contributed by atoms with Crippen molar-refractivity contribution in [2.75, 3.05) is 18.4 Å². The molecule has 1 N–H and O–H groups in total. The fourth-order valence-electron chi connectivity index (χ4n) is 2.61. The monoisotopic (exact) mass is 377 g/mol. The molecule has 1 aliphatic heterocycles. The van der Waals surface area contributed by atoms with Crippen molar-refractivity contribution in [3.63, 3.8) is 0 Å². The number of furan rings is 1. The second-order valence-electron chi connectivity index (χ2n) is 5.42. The third-order valence-electron chi connectivity index (χ3n) is 3.79. The summed E-state index contributed by atoms with van der Waals surface area (Å²) in [5, 5.41) is 2.80. The Balaban J connectivity index is 1.62. The van der Waals surface area contributed by atoms with E-state index in [4.69, 9.17) is 4.42 Å². The molecule has 1 unspecified atom stereocenters. The molecule has 6 nitrogen and oxygen atoms in total. The van der Waals surface area contributed by atoms with Crippen LogP contribution >= 0.6 is 15.9 Å². The number of hydrogen-bond acceptors (Lipinski definition) is 4. The number of likely N-dealkylation sites (tertiary alicyclic amines) is 1. The Morgan fingerprint density at radius 2 is 2.22 bits per heavy atom. The van der Waals surface area contributed by atoms with Crippen LogP contribution in [0.25, 0.3) is 0 Å². The van der Waals surface area contributed by atoms with Gasteiger partial charge in [-0.05, 0) is 53.0 Å².